The molecule has 2 atom stereocenters. The number of aromatic nitrogens is 3. The van der Waals surface area contributed by atoms with Crippen LogP contribution in [0.2, 0.25) is 0 Å². The molecule has 0 bridgehead atoms. The average molecular weight is 355 g/mol. The molecule has 1 aliphatic carbocycles. The first-order valence-electron chi connectivity index (χ1n) is 8.71. The van der Waals surface area contributed by atoms with Gasteiger partial charge in [-0.2, -0.15) is 5.10 Å². The zero-order chi connectivity index (χ0) is 18.3. The number of carbonyl (C=O) groups is 2. The molecule has 0 spiro atoms. The Labute approximate surface area is 150 Å². The quantitative estimate of drug-likeness (QED) is 0.639. The van der Waals surface area contributed by atoms with Gasteiger partial charge >= 0.3 is 0 Å². The van der Waals surface area contributed by atoms with Gasteiger partial charge in [0.05, 0.1) is 17.9 Å². The molecule has 2 aromatic rings. The first-order chi connectivity index (χ1) is 12.5. The molecule has 1 fully saturated rings. The second-order valence-electron chi connectivity index (χ2n) is 6.79. The Kier molecular flexibility index (Phi) is 4.08. The van der Waals surface area contributed by atoms with E-state index in [4.69, 9.17) is 11.5 Å². The normalized spacial score (nSPS) is 22.0. The predicted octanol–water partition coefficient (Wildman–Crippen LogP) is 0.806. The SMILES string of the molecule is NC(=O)c1cn(C2CCCCC2N)nc1Nc1cnc2c(c1)CNC2=O. The van der Waals surface area contributed by atoms with Crippen LogP contribution in [0.1, 0.15) is 58.1 Å². The fourth-order valence-electron chi connectivity index (χ4n) is 3.62. The minimum Gasteiger partial charge on any atom is -0.365 e. The summed E-state index contributed by atoms with van der Waals surface area (Å²) in [5.74, 6) is -0.372. The highest BCUT2D eigenvalue weighted by atomic mass is 16.2. The fourth-order valence-corrected chi connectivity index (χ4v) is 3.62. The van der Waals surface area contributed by atoms with E-state index in [0.717, 1.165) is 31.2 Å². The van der Waals surface area contributed by atoms with Gasteiger partial charge in [0.15, 0.2) is 5.82 Å². The molecule has 1 saturated carbocycles. The predicted molar refractivity (Wildman–Crippen MR) is 94.9 cm³/mol. The number of nitrogens with two attached hydrogens (primary N) is 2. The van der Waals surface area contributed by atoms with Gasteiger partial charge in [0.2, 0.25) is 0 Å². The number of hydrogen-bond donors (Lipinski definition) is 4. The van der Waals surface area contributed by atoms with E-state index >= 15 is 0 Å². The topological polar surface area (TPSA) is 141 Å². The van der Waals surface area contributed by atoms with E-state index in [1.807, 2.05) is 6.07 Å². The zero-order valence-corrected chi connectivity index (χ0v) is 14.2. The number of pyridine rings is 1. The first kappa shape index (κ1) is 16.5. The highest BCUT2D eigenvalue weighted by molar-refractivity contribution is 5.98. The van der Waals surface area contributed by atoms with Crippen LogP contribution in [-0.2, 0) is 6.54 Å². The van der Waals surface area contributed by atoms with Crippen molar-refractivity contribution in [2.24, 2.45) is 11.5 Å². The van der Waals surface area contributed by atoms with Gasteiger partial charge in [-0.05, 0) is 18.9 Å². The lowest BCUT2D eigenvalue weighted by Gasteiger charge is -2.28. The Hall–Kier alpha value is -2.94. The molecule has 0 radical (unpaired) electrons. The highest BCUT2D eigenvalue weighted by Crippen LogP contribution is 2.29. The van der Waals surface area contributed by atoms with Crippen LogP contribution in [0.3, 0.4) is 0 Å². The molecule has 2 aliphatic rings. The molecular formula is C17H21N7O2. The summed E-state index contributed by atoms with van der Waals surface area (Å²) < 4.78 is 1.75. The lowest BCUT2D eigenvalue weighted by atomic mass is 9.91. The van der Waals surface area contributed by atoms with Crippen molar-refractivity contribution in [1.82, 2.24) is 20.1 Å². The summed E-state index contributed by atoms with van der Waals surface area (Å²) in [5, 5.41) is 10.3. The molecule has 136 valence electrons. The number of carbonyl (C=O) groups excluding carboxylic acids is 2. The summed E-state index contributed by atoms with van der Waals surface area (Å²) in [6, 6.07) is 1.88. The molecule has 9 heteroatoms. The van der Waals surface area contributed by atoms with Gasteiger partial charge < -0.3 is 22.1 Å². The highest BCUT2D eigenvalue weighted by Gasteiger charge is 2.27. The van der Waals surface area contributed by atoms with Gasteiger partial charge in [0, 0.05) is 24.3 Å². The third-order valence-corrected chi connectivity index (χ3v) is 5.00. The number of anilines is 2. The number of nitrogens with one attached hydrogen (secondary N) is 2. The smallest absolute Gasteiger partial charge is 0.270 e. The summed E-state index contributed by atoms with van der Waals surface area (Å²) >= 11 is 0. The Morgan fingerprint density at radius 1 is 1.35 bits per heavy atom. The molecule has 2 aromatic heterocycles. The molecule has 0 aromatic carbocycles. The van der Waals surface area contributed by atoms with E-state index in [1.165, 1.54) is 0 Å². The van der Waals surface area contributed by atoms with Crippen LogP contribution in [0.25, 0.3) is 0 Å². The van der Waals surface area contributed by atoms with Crippen LogP contribution in [-0.4, -0.2) is 32.6 Å². The van der Waals surface area contributed by atoms with Crippen molar-refractivity contribution >= 4 is 23.3 Å². The van der Waals surface area contributed by atoms with Crippen LogP contribution in [0.4, 0.5) is 11.5 Å². The molecule has 4 rings (SSSR count). The zero-order valence-electron chi connectivity index (χ0n) is 14.2. The van der Waals surface area contributed by atoms with Gasteiger partial charge in [0.25, 0.3) is 11.8 Å². The van der Waals surface area contributed by atoms with E-state index in [1.54, 1.807) is 17.1 Å². The Morgan fingerprint density at radius 2 is 2.15 bits per heavy atom. The van der Waals surface area contributed by atoms with E-state index in [0.29, 0.717) is 29.3 Å². The van der Waals surface area contributed by atoms with E-state index in [9.17, 15) is 9.59 Å². The molecule has 26 heavy (non-hydrogen) atoms. The Balaban J connectivity index is 1.63. The maximum Gasteiger partial charge on any atom is 0.270 e. The van der Waals surface area contributed by atoms with Crippen molar-refractivity contribution in [3.8, 4) is 0 Å². The minimum absolute atomic E-state index is 0.0102. The summed E-state index contributed by atoms with van der Waals surface area (Å²) in [6.07, 6.45) is 7.26. The van der Waals surface area contributed by atoms with Gasteiger partial charge in [-0.25, -0.2) is 4.98 Å². The van der Waals surface area contributed by atoms with Crippen molar-refractivity contribution in [2.75, 3.05) is 5.32 Å². The second kappa shape index (κ2) is 6.41. The van der Waals surface area contributed by atoms with Gasteiger partial charge in [-0.15, -0.1) is 0 Å². The van der Waals surface area contributed by atoms with E-state index in [-0.39, 0.29) is 18.0 Å². The standard InChI is InChI=1S/C17H21N7O2/c18-12-3-1-2-4-13(12)24-8-11(15(19)25)16(23-24)22-10-5-9-6-21-17(26)14(9)20-7-10/h5,7-8,12-13H,1-4,6,18H2,(H2,19,25)(H,21,26)(H,22,23). The molecule has 3 heterocycles. The lowest BCUT2D eigenvalue weighted by molar-refractivity contribution is 0.0960. The summed E-state index contributed by atoms with van der Waals surface area (Å²) in [6.45, 7) is 0.435. The van der Waals surface area contributed by atoms with Crippen LogP contribution in [0.15, 0.2) is 18.5 Å². The van der Waals surface area contributed by atoms with Crippen molar-refractivity contribution in [1.29, 1.82) is 0 Å². The maximum absolute atomic E-state index is 11.8. The Morgan fingerprint density at radius 3 is 2.92 bits per heavy atom. The molecule has 9 nitrogen and oxygen atoms in total. The van der Waals surface area contributed by atoms with Crippen LogP contribution >= 0.6 is 0 Å². The number of nitrogens with zero attached hydrogens (tertiary/aromatic N) is 3. The van der Waals surface area contributed by atoms with Crippen molar-refractivity contribution < 1.29 is 9.59 Å². The number of primary amides is 1. The monoisotopic (exact) mass is 355 g/mol. The van der Waals surface area contributed by atoms with Crippen LogP contribution < -0.4 is 22.1 Å². The second-order valence-corrected chi connectivity index (χ2v) is 6.79. The minimum atomic E-state index is -0.561. The number of fused-ring (bicyclic) bond motifs is 1. The van der Waals surface area contributed by atoms with E-state index in [2.05, 4.69) is 20.7 Å². The average Bonchev–Trinajstić information content (AvgIpc) is 3.19. The molecular weight excluding hydrogens is 334 g/mol. The van der Waals surface area contributed by atoms with E-state index < -0.39 is 5.91 Å². The fraction of sp³-hybridized carbons (Fsp3) is 0.412. The third-order valence-electron chi connectivity index (χ3n) is 5.00. The molecule has 2 amide bonds. The number of amides is 2. The first-order valence-corrected chi connectivity index (χ1v) is 8.71. The molecule has 6 N–H and O–H groups in total. The van der Waals surface area contributed by atoms with Gasteiger partial charge in [-0.1, -0.05) is 12.8 Å². The largest absolute Gasteiger partial charge is 0.365 e. The van der Waals surface area contributed by atoms with Gasteiger partial charge in [-0.3, -0.25) is 14.3 Å². The number of rotatable bonds is 4. The van der Waals surface area contributed by atoms with Crippen molar-refractivity contribution in [2.45, 2.75) is 44.3 Å². The van der Waals surface area contributed by atoms with Crippen molar-refractivity contribution in [3.05, 3.63) is 35.3 Å². The summed E-state index contributed by atoms with van der Waals surface area (Å²) in [5.41, 5.74) is 13.9. The third kappa shape index (κ3) is 2.90. The van der Waals surface area contributed by atoms with Gasteiger partial charge in [0.1, 0.15) is 11.3 Å². The molecule has 2 unspecified atom stereocenters. The van der Waals surface area contributed by atoms with Crippen LogP contribution in [0, 0.1) is 0 Å². The summed E-state index contributed by atoms with van der Waals surface area (Å²) in [7, 11) is 0. The maximum atomic E-state index is 11.8. The summed E-state index contributed by atoms with van der Waals surface area (Å²) in [4.78, 5) is 27.6. The lowest BCUT2D eigenvalue weighted by Crippen LogP contribution is -2.35. The molecule has 1 aliphatic heterocycles. The number of hydrogen-bond acceptors (Lipinski definition) is 6. The Bertz CT molecular complexity index is 876. The van der Waals surface area contributed by atoms with Crippen LogP contribution in [0.5, 0.6) is 0 Å². The molecule has 0 saturated heterocycles. The van der Waals surface area contributed by atoms with Crippen molar-refractivity contribution in [3.63, 3.8) is 0 Å².